The van der Waals surface area contributed by atoms with Crippen LogP contribution in [0.3, 0.4) is 0 Å². The Balaban J connectivity index is 1.55. The van der Waals surface area contributed by atoms with Gasteiger partial charge in [-0.1, -0.05) is 11.3 Å². The number of halogens is 3. The molecule has 4 aromatic rings. The fourth-order valence-electron chi connectivity index (χ4n) is 4.09. The van der Waals surface area contributed by atoms with Crippen molar-refractivity contribution in [2.24, 2.45) is 0 Å². The number of methoxy groups -OCH3 is 1. The molecule has 5 rings (SSSR count). The second kappa shape index (κ2) is 7.62. The van der Waals surface area contributed by atoms with Crippen molar-refractivity contribution in [1.82, 2.24) is 34.5 Å². The highest BCUT2D eigenvalue weighted by Crippen LogP contribution is 2.34. The zero-order valence-corrected chi connectivity index (χ0v) is 17.5. The molecule has 0 aliphatic carbocycles. The highest BCUT2D eigenvalue weighted by atomic mass is 19.3. The molecule has 0 amide bonds. The van der Waals surface area contributed by atoms with E-state index in [9.17, 15) is 13.2 Å². The number of ether oxygens (including phenoxy) is 1. The largest absolute Gasteiger partial charge is 0.479 e. The molecule has 168 valence electrons. The molecule has 12 heteroatoms. The Labute approximate surface area is 180 Å². The number of aromatic nitrogens is 6. The van der Waals surface area contributed by atoms with Gasteiger partial charge in [0.25, 0.3) is 5.92 Å². The van der Waals surface area contributed by atoms with E-state index >= 15 is 0 Å². The number of nitrogens with one attached hydrogen (secondary N) is 1. The molecule has 0 radical (unpaired) electrons. The highest BCUT2D eigenvalue weighted by Gasteiger charge is 2.47. The van der Waals surface area contributed by atoms with E-state index in [1.165, 1.54) is 11.8 Å². The summed E-state index contributed by atoms with van der Waals surface area (Å²) in [5.41, 5.74) is 3.52. The van der Waals surface area contributed by atoms with Crippen LogP contribution < -0.4 is 10.1 Å². The fourth-order valence-corrected chi connectivity index (χ4v) is 4.09. The summed E-state index contributed by atoms with van der Waals surface area (Å²) >= 11 is 0. The second-order valence-corrected chi connectivity index (χ2v) is 7.83. The summed E-state index contributed by atoms with van der Waals surface area (Å²) in [5.74, 6) is -2.60. The standard InChI is InChI=1S/C20H21F3N8O/c1-29-10-16(20(22,23)11-29)24-19-25-18(32-2)17-13(5-7-31(17)27-19)12-3-4-14-15(9-12)30(8-6-21)28-26-14/h3-5,7,9,16H,6,8,10-11H2,1-2H3,(H,24,27). The Kier molecular flexibility index (Phi) is 4.88. The third kappa shape index (κ3) is 3.40. The summed E-state index contributed by atoms with van der Waals surface area (Å²) in [6.07, 6.45) is 1.71. The number of likely N-dealkylation sites (tertiary alicyclic amines) is 1. The van der Waals surface area contributed by atoms with Crippen molar-refractivity contribution in [2.75, 3.05) is 39.2 Å². The van der Waals surface area contributed by atoms with Crippen LogP contribution in [0.15, 0.2) is 30.5 Å². The molecule has 4 heterocycles. The van der Waals surface area contributed by atoms with Gasteiger partial charge in [0.05, 0.1) is 25.7 Å². The van der Waals surface area contributed by atoms with Gasteiger partial charge in [0.1, 0.15) is 23.7 Å². The Bertz CT molecular complexity index is 1290. The van der Waals surface area contributed by atoms with Crippen LogP contribution in [0.4, 0.5) is 19.1 Å². The summed E-state index contributed by atoms with van der Waals surface area (Å²) in [7, 11) is 3.11. The minimum atomic E-state index is -2.89. The van der Waals surface area contributed by atoms with E-state index in [-0.39, 0.29) is 31.5 Å². The predicted molar refractivity (Wildman–Crippen MR) is 112 cm³/mol. The molecular formula is C20H21F3N8O. The molecule has 1 aromatic carbocycles. The maximum atomic E-state index is 14.2. The number of hydrogen-bond acceptors (Lipinski definition) is 7. The van der Waals surface area contributed by atoms with Crippen molar-refractivity contribution in [3.63, 3.8) is 0 Å². The number of fused-ring (bicyclic) bond motifs is 2. The lowest BCUT2D eigenvalue weighted by Gasteiger charge is -2.19. The van der Waals surface area contributed by atoms with Gasteiger partial charge < -0.3 is 10.1 Å². The van der Waals surface area contributed by atoms with Crippen LogP contribution in [0.1, 0.15) is 0 Å². The molecule has 1 fully saturated rings. The minimum Gasteiger partial charge on any atom is -0.479 e. The Morgan fingerprint density at radius 2 is 2.12 bits per heavy atom. The molecule has 32 heavy (non-hydrogen) atoms. The zero-order valence-electron chi connectivity index (χ0n) is 17.5. The van der Waals surface area contributed by atoms with Gasteiger partial charge in [-0.2, -0.15) is 4.98 Å². The summed E-state index contributed by atoms with van der Waals surface area (Å²) in [6, 6.07) is 6.26. The van der Waals surface area contributed by atoms with Crippen molar-refractivity contribution in [3.05, 3.63) is 30.5 Å². The lowest BCUT2D eigenvalue weighted by Crippen LogP contribution is -2.38. The first kappa shape index (κ1) is 20.5. The molecule has 1 N–H and O–H groups in total. The molecule has 0 spiro atoms. The van der Waals surface area contributed by atoms with E-state index in [0.29, 0.717) is 16.6 Å². The van der Waals surface area contributed by atoms with E-state index in [1.807, 2.05) is 18.2 Å². The average Bonchev–Trinajstić information content (AvgIpc) is 3.43. The molecule has 0 bridgehead atoms. The number of nitrogens with zero attached hydrogens (tertiary/aromatic N) is 7. The Hall–Kier alpha value is -3.41. The molecule has 1 aliphatic rings. The van der Waals surface area contributed by atoms with Gasteiger partial charge in [0.2, 0.25) is 11.8 Å². The summed E-state index contributed by atoms with van der Waals surface area (Å²) < 4.78 is 49.8. The van der Waals surface area contributed by atoms with Crippen molar-refractivity contribution in [2.45, 2.75) is 18.5 Å². The van der Waals surface area contributed by atoms with Crippen LogP contribution in [0, 0.1) is 0 Å². The summed E-state index contributed by atoms with van der Waals surface area (Å²) in [6.45, 7) is -0.591. The molecule has 0 saturated carbocycles. The van der Waals surface area contributed by atoms with Crippen LogP contribution >= 0.6 is 0 Å². The number of rotatable bonds is 6. The topological polar surface area (TPSA) is 85.4 Å². The smallest absolute Gasteiger partial charge is 0.281 e. The second-order valence-electron chi connectivity index (χ2n) is 7.83. The third-order valence-electron chi connectivity index (χ3n) is 5.58. The van der Waals surface area contributed by atoms with Gasteiger partial charge >= 0.3 is 0 Å². The first-order valence-corrected chi connectivity index (χ1v) is 10.1. The van der Waals surface area contributed by atoms with Gasteiger partial charge in [-0.3, -0.25) is 4.90 Å². The highest BCUT2D eigenvalue weighted by molar-refractivity contribution is 5.89. The first-order valence-electron chi connectivity index (χ1n) is 10.1. The van der Waals surface area contributed by atoms with Crippen molar-refractivity contribution >= 4 is 22.5 Å². The lowest BCUT2D eigenvalue weighted by molar-refractivity contribution is 0.00583. The Morgan fingerprint density at radius 3 is 2.84 bits per heavy atom. The first-order chi connectivity index (χ1) is 15.4. The van der Waals surface area contributed by atoms with E-state index in [4.69, 9.17) is 4.74 Å². The van der Waals surface area contributed by atoms with Gasteiger partial charge in [-0.15, -0.1) is 10.2 Å². The third-order valence-corrected chi connectivity index (χ3v) is 5.58. The molecule has 1 aliphatic heterocycles. The fraction of sp³-hybridized carbons (Fsp3) is 0.400. The van der Waals surface area contributed by atoms with Gasteiger partial charge in [0.15, 0.2) is 0 Å². The normalized spacial score (nSPS) is 18.6. The number of likely N-dealkylation sites (N-methyl/N-ethyl adjacent to an activating group) is 1. The quantitative estimate of drug-likeness (QED) is 0.487. The van der Waals surface area contributed by atoms with E-state index in [1.54, 1.807) is 28.7 Å². The van der Waals surface area contributed by atoms with Crippen molar-refractivity contribution in [1.29, 1.82) is 0 Å². The SMILES string of the molecule is COc1nc(NC2CN(C)CC2(F)F)nn2ccc(-c3ccc4nnn(CCF)c4c3)c12. The maximum absolute atomic E-state index is 14.2. The van der Waals surface area contributed by atoms with Crippen LogP contribution in [0.5, 0.6) is 5.88 Å². The summed E-state index contributed by atoms with van der Waals surface area (Å²) in [4.78, 5) is 5.89. The molecule has 9 nitrogen and oxygen atoms in total. The van der Waals surface area contributed by atoms with Gasteiger partial charge in [-0.25, -0.2) is 22.4 Å². The number of aryl methyl sites for hydroxylation is 1. The molecule has 1 saturated heterocycles. The molecule has 3 aromatic heterocycles. The van der Waals surface area contributed by atoms with Crippen LogP contribution in [-0.2, 0) is 6.54 Å². The zero-order chi connectivity index (χ0) is 22.5. The van der Waals surface area contributed by atoms with Crippen LogP contribution in [0.2, 0.25) is 0 Å². The Morgan fingerprint density at radius 1 is 1.28 bits per heavy atom. The van der Waals surface area contributed by atoms with Crippen molar-refractivity contribution < 1.29 is 17.9 Å². The van der Waals surface area contributed by atoms with E-state index in [2.05, 4.69) is 25.7 Å². The molecule has 1 atom stereocenters. The van der Waals surface area contributed by atoms with Crippen LogP contribution in [0.25, 0.3) is 27.7 Å². The summed E-state index contributed by atoms with van der Waals surface area (Å²) in [5, 5.41) is 15.1. The number of hydrogen-bond donors (Lipinski definition) is 1. The maximum Gasteiger partial charge on any atom is 0.281 e. The van der Waals surface area contributed by atoms with Gasteiger partial charge in [0, 0.05) is 18.3 Å². The number of anilines is 1. The average molecular weight is 446 g/mol. The predicted octanol–water partition coefficient (Wildman–Crippen LogP) is 2.48. The monoisotopic (exact) mass is 446 g/mol. The molecule has 1 unspecified atom stereocenters. The van der Waals surface area contributed by atoms with Crippen LogP contribution in [-0.4, -0.2) is 80.4 Å². The van der Waals surface area contributed by atoms with Crippen molar-refractivity contribution in [3.8, 4) is 17.0 Å². The minimum absolute atomic E-state index is 0.0529. The lowest BCUT2D eigenvalue weighted by atomic mass is 10.1. The van der Waals surface area contributed by atoms with E-state index < -0.39 is 18.6 Å². The number of benzene rings is 1. The van der Waals surface area contributed by atoms with Gasteiger partial charge in [-0.05, 0) is 30.8 Å². The molecular weight excluding hydrogens is 425 g/mol. The van der Waals surface area contributed by atoms with E-state index in [0.717, 1.165) is 11.1 Å². The number of alkyl halides is 3.